The van der Waals surface area contributed by atoms with Crippen LogP contribution in [0, 0.1) is 13.8 Å². The molecule has 3 aromatic heterocycles. The summed E-state index contributed by atoms with van der Waals surface area (Å²) in [5.74, 6) is 2.16. The van der Waals surface area contributed by atoms with Crippen LogP contribution in [0.1, 0.15) is 21.9 Å². The highest BCUT2D eigenvalue weighted by atomic mass is 16.5. The molecule has 0 radical (unpaired) electrons. The van der Waals surface area contributed by atoms with E-state index in [0.717, 1.165) is 16.8 Å². The summed E-state index contributed by atoms with van der Waals surface area (Å²) in [6, 6.07) is 9.35. The molecule has 0 aliphatic heterocycles. The third kappa shape index (κ3) is 4.80. The van der Waals surface area contributed by atoms with E-state index >= 15 is 0 Å². The standard InChI is InChI=1S/C24H26N8O2/c1-14-9-22(29-15(2)28-14)31-21-10-20(18(12-26-21)24(33)25-3)30-19-8-6-7-17(23(19)34-5)16-11-27-32(4)13-16/h6-13H,1-5H3,(H,25,33)(H2,26,28,29,30,31). The zero-order valence-electron chi connectivity index (χ0n) is 19.7. The highest BCUT2D eigenvalue weighted by Crippen LogP contribution is 2.38. The minimum Gasteiger partial charge on any atom is -0.494 e. The summed E-state index contributed by atoms with van der Waals surface area (Å²) in [6.07, 6.45) is 5.21. The van der Waals surface area contributed by atoms with Crippen molar-refractivity contribution in [1.29, 1.82) is 0 Å². The van der Waals surface area contributed by atoms with E-state index in [0.29, 0.717) is 40.1 Å². The number of anilines is 4. The quantitative estimate of drug-likeness (QED) is 0.383. The number of amides is 1. The second-order valence-corrected chi connectivity index (χ2v) is 7.68. The van der Waals surface area contributed by atoms with Gasteiger partial charge in [-0.25, -0.2) is 15.0 Å². The normalized spacial score (nSPS) is 10.6. The molecular weight excluding hydrogens is 432 g/mol. The predicted octanol–water partition coefficient (Wildman–Crippen LogP) is 3.74. The topological polar surface area (TPSA) is 119 Å². The Bertz CT molecular complexity index is 1330. The summed E-state index contributed by atoms with van der Waals surface area (Å²) < 4.78 is 7.48. The number of methoxy groups -OCH3 is 1. The van der Waals surface area contributed by atoms with Crippen molar-refractivity contribution in [3.8, 4) is 16.9 Å². The van der Waals surface area contributed by atoms with Crippen molar-refractivity contribution in [3.05, 3.63) is 66.0 Å². The Hall–Kier alpha value is -4.47. The van der Waals surface area contributed by atoms with Crippen molar-refractivity contribution in [3.63, 3.8) is 0 Å². The lowest BCUT2D eigenvalue weighted by Gasteiger charge is -2.17. The van der Waals surface area contributed by atoms with Crippen LogP contribution in [0.2, 0.25) is 0 Å². The van der Waals surface area contributed by atoms with Crippen molar-refractivity contribution in [2.45, 2.75) is 13.8 Å². The molecule has 0 unspecified atom stereocenters. The fraction of sp³-hybridized carbons (Fsp3) is 0.208. The summed E-state index contributed by atoms with van der Waals surface area (Å²) in [5, 5.41) is 13.4. The Kier molecular flexibility index (Phi) is 6.39. The molecule has 0 fully saturated rings. The highest BCUT2D eigenvalue weighted by molar-refractivity contribution is 6.00. The molecule has 174 valence electrons. The minimum absolute atomic E-state index is 0.266. The van der Waals surface area contributed by atoms with E-state index in [2.05, 4.69) is 36.0 Å². The third-order valence-corrected chi connectivity index (χ3v) is 5.10. The van der Waals surface area contributed by atoms with Gasteiger partial charge in [0.1, 0.15) is 23.2 Å². The van der Waals surface area contributed by atoms with Gasteiger partial charge in [0.05, 0.1) is 30.2 Å². The number of hydrogen-bond acceptors (Lipinski definition) is 8. The Labute approximate surface area is 197 Å². The number of aromatic nitrogens is 5. The Morgan fingerprint density at radius 2 is 1.85 bits per heavy atom. The van der Waals surface area contributed by atoms with Gasteiger partial charge >= 0.3 is 0 Å². The first-order valence-electron chi connectivity index (χ1n) is 10.6. The van der Waals surface area contributed by atoms with Gasteiger partial charge in [-0.05, 0) is 19.9 Å². The number of aryl methyl sites for hydroxylation is 3. The molecule has 0 saturated carbocycles. The summed E-state index contributed by atoms with van der Waals surface area (Å²) in [4.78, 5) is 25.7. The van der Waals surface area contributed by atoms with Gasteiger partial charge in [0.15, 0.2) is 0 Å². The molecule has 4 rings (SSSR count). The number of nitrogens with one attached hydrogen (secondary N) is 3. The summed E-state index contributed by atoms with van der Waals surface area (Å²) in [6.45, 7) is 3.73. The van der Waals surface area contributed by atoms with Crippen LogP contribution in [0.25, 0.3) is 11.1 Å². The van der Waals surface area contributed by atoms with Crippen molar-refractivity contribution < 1.29 is 9.53 Å². The first-order valence-corrected chi connectivity index (χ1v) is 10.6. The maximum absolute atomic E-state index is 12.6. The predicted molar refractivity (Wildman–Crippen MR) is 131 cm³/mol. The number of para-hydroxylation sites is 1. The molecule has 0 spiro atoms. The van der Waals surface area contributed by atoms with E-state index in [1.807, 2.05) is 51.4 Å². The minimum atomic E-state index is -0.266. The zero-order valence-corrected chi connectivity index (χ0v) is 19.7. The number of carbonyl (C=O) groups excluding carboxylic acids is 1. The molecule has 0 bridgehead atoms. The molecule has 0 aliphatic rings. The first kappa shape index (κ1) is 22.7. The van der Waals surface area contributed by atoms with Gasteiger partial charge in [-0.3, -0.25) is 9.48 Å². The van der Waals surface area contributed by atoms with Crippen LogP contribution in [-0.2, 0) is 7.05 Å². The van der Waals surface area contributed by atoms with Gasteiger partial charge < -0.3 is 20.7 Å². The average Bonchev–Trinajstić information content (AvgIpc) is 3.24. The monoisotopic (exact) mass is 458 g/mol. The van der Waals surface area contributed by atoms with Gasteiger partial charge in [0, 0.05) is 55.4 Å². The van der Waals surface area contributed by atoms with E-state index in [1.54, 1.807) is 31.1 Å². The molecular formula is C24H26N8O2. The van der Waals surface area contributed by atoms with Crippen molar-refractivity contribution >= 4 is 28.9 Å². The summed E-state index contributed by atoms with van der Waals surface area (Å²) in [5.41, 5.74) is 4.27. The molecule has 10 heteroatoms. The molecule has 10 nitrogen and oxygen atoms in total. The van der Waals surface area contributed by atoms with Crippen molar-refractivity contribution in [2.75, 3.05) is 24.8 Å². The molecule has 0 atom stereocenters. The maximum Gasteiger partial charge on any atom is 0.254 e. The Balaban J connectivity index is 1.74. The van der Waals surface area contributed by atoms with Gasteiger partial charge in [-0.15, -0.1) is 0 Å². The van der Waals surface area contributed by atoms with Gasteiger partial charge in [0.25, 0.3) is 5.91 Å². The van der Waals surface area contributed by atoms with Crippen LogP contribution in [0.15, 0.2) is 48.9 Å². The fourth-order valence-electron chi connectivity index (χ4n) is 3.64. The maximum atomic E-state index is 12.6. The summed E-state index contributed by atoms with van der Waals surface area (Å²) in [7, 11) is 5.05. The molecule has 3 heterocycles. The largest absolute Gasteiger partial charge is 0.494 e. The van der Waals surface area contributed by atoms with Crippen LogP contribution in [0.4, 0.5) is 23.0 Å². The molecule has 0 saturated heterocycles. The second-order valence-electron chi connectivity index (χ2n) is 7.68. The number of benzene rings is 1. The number of nitrogens with zero attached hydrogens (tertiary/aromatic N) is 5. The first-order chi connectivity index (χ1) is 16.4. The average molecular weight is 459 g/mol. The smallest absolute Gasteiger partial charge is 0.254 e. The molecule has 3 N–H and O–H groups in total. The lowest BCUT2D eigenvalue weighted by molar-refractivity contribution is 0.0963. The van der Waals surface area contributed by atoms with E-state index < -0.39 is 0 Å². The van der Waals surface area contributed by atoms with Crippen LogP contribution in [0.3, 0.4) is 0 Å². The van der Waals surface area contributed by atoms with E-state index in [1.165, 1.54) is 6.20 Å². The van der Waals surface area contributed by atoms with E-state index in [4.69, 9.17) is 4.74 Å². The third-order valence-electron chi connectivity index (χ3n) is 5.10. The van der Waals surface area contributed by atoms with Gasteiger partial charge in [-0.1, -0.05) is 12.1 Å². The lowest BCUT2D eigenvalue weighted by atomic mass is 10.1. The number of carbonyl (C=O) groups is 1. The number of pyridine rings is 1. The molecule has 1 amide bonds. The SMILES string of the molecule is CNC(=O)c1cnc(Nc2cc(C)nc(C)n2)cc1Nc1cccc(-c2cnn(C)c2)c1OC. The van der Waals surface area contributed by atoms with Crippen molar-refractivity contribution in [2.24, 2.45) is 7.05 Å². The number of hydrogen-bond donors (Lipinski definition) is 3. The zero-order chi connectivity index (χ0) is 24.2. The van der Waals surface area contributed by atoms with E-state index in [9.17, 15) is 4.79 Å². The fourth-order valence-corrected chi connectivity index (χ4v) is 3.64. The number of rotatable bonds is 7. The highest BCUT2D eigenvalue weighted by Gasteiger charge is 2.17. The molecule has 34 heavy (non-hydrogen) atoms. The Morgan fingerprint density at radius 3 is 2.53 bits per heavy atom. The summed E-state index contributed by atoms with van der Waals surface area (Å²) >= 11 is 0. The Morgan fingerprint density at radius 1 is 1.03 bits per heavy atom. The number of ether oxygens (including phenoxy) is 1. The van der Waals surface area contributed by atoms with Gasteiger partial charge in [0.2, 0.25) is 0 Å². The van der Waals surface area contributed by atoms with Gasteiger partial charge in [-0.2, -0.15) is 5.10 Å². The molecule has 4 aromatic rings. The van der Waals surface area contributed by atoms with Crippen LogP contribution in [0.5, 0.6) is 5.75 Å². The molecule has 0 aliphatic carbocycles. The van der Waals surface area contributed by atoms with E-state index in [-0.39, 0.29) is 5.91 Å². The van der Waals surface area contributed by atoms with Crippen LogP contribution < -0.4 is 20.7 Å². The second kappa shape index (κ2) is 9.57. The molecule has 1 aromatic carbocycles. The van der Waals surface area contributed by atoms with Crippen LogP contribution >= 0.6 is 0 Å². The van der Waals surface area contributed by atoms with Crippen molar-refractivity contribution in [1.82, 2.24) is 30.0 Å². The lowest BCUT2D eigenvalue weighted by Crippen LogP contribution is -2.19. The van der Waals surface area contributed by atoms with Crippen LogP contribution in [-0.4, -0.2) is 44.8 Å².